The van der Waals surface area contributed by atoms with Gasteiger partial charge in [0.25, 0.3) is 0 Å². The summed E-state index contributed by atoms with van der Waals surface area (Å²) in [6.07, 6.45) is 9.14. The van der Waals surface area contributed by atoms with Crippen molar-refractivity contribution >= 4 is 39.0 Å². The molecule has 0 radical (unpaired) electrons. The number of aromatic nitrogens is 4. The summed E-state index contributed by atoms with van der Waals surface area (Å²) in [5.74, 6) is 1.54. The highest BCUT2D eigenvalue weighted by atomic mass is 32.1. The number of anilines is 3. The van der Waals surface area contributed by atoms with Crippen LogP contribution >= 0.6 is 11.3 Å². The normalized spacial score (nSPS) is 23.1. The SMILES string of the molecule is CN(C)[C@H]1CC[C@H](Nc2nc(Nc3cn[nH]c3)nc3sc4c(c23)CC(C)(C)OC4)CC1. The molecule has 0 unspecified atom stereocenters. The van der Waals surface area contributed by atoms with Crippen LogP contribution in [-0.4, -0.2) is 56.8 Å². The fourth-order valence-electron chi connectivity index (χ4n) is 4.68. The highest BCUT2D eigenvalue weighted by Crippen LogP contribution is 2.42. The Morgan fingerprint density at radius 3 is 2.71 bits per heavy atom. The van der Waals surface area contributed by atoms with E-state index in [9.17, 15) is 0 Å². The first kappa shape index (κ1) is 20.7. The molecule has 31 heavy (non-hydrogen) atoms. The average Bonchev–Trinajstić information content (AvgIpc) is 3.35. The van der Waals surface area contributed by atoms with Gasteiger partial charge in [-0.2, -0.15) is 10.1 Å². The number of fused-ring (bicyclic) bond motifs is 3. The van der Waals surface area contributed by atoms with Crippen molar-refractivity contribution in [1.82, 2.24) is 25.1 Å². The van der Waals surface area contributed by atoms with Crippen molar-refractivity contribution in [3.63, 3.8) is 0 Å². The summed E-state index contributed by atoms with van der Waals surface area (Å²) >= 11 is 1.72. The van der Waals surface area contributed by atoms with Gasteiger partial charge in [-0.3, -0.25) is 5.10 Å². The van der Waals surface area contributed by atoms with Crippen LogP contribution in [0.4, 0.5) is 17.5 Å². The lowest BCUT2D eigenvalue weighted by molar-refractivity contribution is -0.0379. The Kier molecular flexibility index (Phi) is 5.35. The first-order valence-corrected chi connectivity index (χ1v) is 11.8. The molecule has 1 aliphatic carbocycles. The summed E-state index contributed by atoms with van der Waals surface area (Å²) in [5.41, 5.74) is 2.02. The summed E-state index contributed by atoms with van der Waals surface area (Å²) in [5, 5.41) is 15.1. The van der Waals surface area contributed by atoms with Crippen molar-refractivity contribution < 1.29 is 4.74 Å². The molecule has 8 nitrogen and oxygen atoms in total. The van der Waals surface area contributed by atoms with E-state index in [4.69, 9.17) is 14.7 Å². The lowest BCUT2D eigenvalue weighted by Crippen LogP contribution is -2.36. The molecule has 166 valence electrons. The molecule has 4 heterocycles. The number of aromatic amines is 1. The largest absolute Gasteiger partial charge is 0.370 e. The Labute approximate surface area is 186 Å². The molecule has 1 aliphatic heterocycles. The van der Waals surface area contributed by atoms with Gasteiger partial charge in [-0.05, 0) is 59.2 Å². The van der Waals surface area contributed by atoms with Gasteiger partial charge in [0.15, 0.2) is 0 Å². The molecular weight excluding hydrogens is 410 g/mol. The molecule has 0 saturated heterocycles. The van der Waals surface area contributed by atoms with Crippen molar-refractivity contribution in [2.45, 2.75) is 70.2 Å². The smallest absolute Gasteiger partial charge is 0.230 e. The molecule has 3 aromatic heterocycles. The second-order valence-corrected chi connectivity index (χ2v) is 10.6. The van der Waals surface area contributed by atoms with Crippen molar-refractivity contribution in [3.8, 4) is 0 Å². The van der Waals surface area contributed by atoms with E-state index in [1.54, 1.807) is 23.7 Å². The van der Waals surface area contributed by atoms with Gasteiger partial charge in [-0.25, -0.2) is 4.98 Å². The highest BCUT2D eigenvalue weighted by molar-refractivity contribution is 7.19. The molecule has 3 aromatic rings. The van der Waals surface area contributed by atoms with Crippen molar-refractivity contribution in [3.05, 3.63) is 22.8 Å². The first-order valence-electron chi connectivity index (χ1n) is 11.0. The lowest BCUT2D eigenvalue weighted by Gasteiger charge is -2.33. The monoisotopic (exact) mass is 441 g/mol. The summed E-state index contributed by atoms with van der Waals surface area (Å²) in [7, 11) is 4.36. The van der Waals surface area contributed by atoms with Gasteiger partial charge in [0.1, 0.15) is 10.6 Å². The van der Waals surface area contributed by atoms with Crippen LogP contribution in [0.3, 0.4) is 0 Å². The predicted molar refractivity (Wildman–Crippen MR) is 125 cm³/mol. The quantitative estimate of drug-likeness (QED) is 0.544. The molecule has 0 spiro atoms. The molecule has 1 fully saturated rings. The molecule has 2 aliphatic rings. The molecule has 0 bridgehead atoms. The number of H-pyrrole nitrogens is 1. The van der Waals surface area contributed by atoms with Crippen LogP contribution in [0.25, 0.3) is 10.2 Å². The Bertz CT molecular complexity index is 1050. The number of ether oxygens (including phenoxy) is 1. The van der Waals surface area contributed by atoms with Crippen LogP contribution < -0.4 is 10.6 Å². The Hall–Kier alpha value is -2.23. The van der Waals surface area contributed by atoms with Gasteiger partial charge in [0.2, 0.25) is 5.95 Å². The number of rotatable bonds is 5. The predicted octanol–water partition coefficient (Wildman–Crippen LogP) is 4.29. The minimum absolute atomic E-state index is 0.171. The zero-order chi connectivity index (χ0) is 21.6. The van der Waals surface area contributed by atoms with Crippen LogP contribution in [-0.2, 0) is 17.8 Å². The van der Waals surface area contributed by atoms with E-state index >= 15 is 0 Å². The average molecular weight is 442 g/mol. The Morgan fingerprint density at radius 2 is 2.00 bits per heavy atom. The summed E-state index contributed by atoms with van der Waals surface area (Å²) in [6.45, 7) is 4.96. The molecule has 3 N–H and O–H groups in total. The third-order valence-corrected chi connectivity index (χ3v) is 7.55. The van der Waals surface area contributed by atoms with Crippen LogP contribution in [0.15, 0.2) is 12.4 Å². The zero-order valence-electron chi connectivity index (χ0n) is 18.7. The van der Waals surface area contributed by atoms with E-state index in [0.717, 1.165) is 35.6 Å². The standard InChI is InChI=1S/C22H31N7OS/c1-22(2)9-16-17(12-30-22)31-20-18(16)19(25-13-5-7-15(8-6-13)29(3)4)27-21(28-20)26-14-10-23-24-11-14/h10-11,13,15H,5-9,12H2,1-4H3,(H,23,24)(H2,25,26,27,28)/t13-,15-. The Balaban J connectivity index is 1.50. The van der Waals surface area contributed by atoms with Gasteiger partial charge in [-0.15, -0.1) is 11.3 Å². The molecule has 5 rings (SSSR count). The molecule has 0 amide bonds. The van der Waals surface area contributed by atoms with Crippen molar-refractivity contribution in [2.24, 2.45) is 0 Å². The van der Waals surface area contributed by atoms with Gasteiger partial charge in [0, 0.05) is 29.6 Å². The third-order valence-electron chi connectivity index (χ3n) is 6.45. The fourth-order valence-corrected chi connectivity index (χ4v) is 5.79. The second kappa shape index (κ2) is 8.03. The first-order chi connectivity index (χ1) is 14.9. The van der Waals surface area contributed by atoms with E-state index < -0.39 is 0 Å². The summed E-state index contributed by atoms with van der Waals surface area (Å²) in [6, 6.07) is 1.10. The number of nitrogens with zero attached hydrogens (tertiary/aromatic N) is 4. The third kappa shape index (κ3) is 4.26. The summed E-state index contributed by atoms with van der Waals surface area (Å²) in [4.78, 5) is 14.4. The van der Waals surface area contributed by atoms with Gasteiger partial charge in [-0.1, -0.05) is 0 Å². The minimum Gasteiger partial charge on any atom is -0.370 e. The maximum absolute atomic E-state index is 6.07. The molecule has 0 atom stereocenters. The van der Waals surface area contributed by atoms with Crippen molar-refractivity contribution in [1.29, 1.82) is 0 Å². The molecule has 1 saturated carbocycles. The van der Waals surface area contributed by atoms with Crippen LogP contribution in [0.5, 0.6) is 0 Å². The highest BCUT2D eigenvalue weighted by Gasteiger charge is 2.32. The maximum atomic E-state index is 6.07. The van der Waals surface area contributed by atoms with E-state index in [2.05, 4.69) is 53.7 Å². The van der Waals surface area contributed by atoms with E-state index in [0.29, 0.717) is 24.6 Å². The number of hydrogen-bond donors (Lipinski definition) is 3. The molecule has 9 heteroatoms. The number of nitrogens with one attached hydrogen (secondary N) is 3. The van der Waals surface area contributed by atoms with E-state index in [1.807, 2.05) is 0 Å². The van der Waals surface area contributed by atoms with Gasteiger partial charge >= 0.3 is 0 Å². The molecular formula is C22H31N7OS. The summed E-state index contributed by atoms with van der Waals surface area (Å²) < 4.78 is 6.07. The maximum Gasteiger partial charge on any atom is 0.230 e. The topological polar surface area (TPSA) is 91.0 Å². The number of hydrogen-bond acceptors (Lipinski definition) is 8. The molecule has 0 aromatic carbocycles. The Morgan fingerprint density at radius 1 is 1.19 bits per heavy atom. The van der Waals surface area contributed by atoms with Crippen LogP contribution in [0.2, 0.25) is 0 Å². The minimum atomic E-state index is -0.171. The second-order valence-electron chi connectivity index (χ2n) is 9.53. The lowest BCUT2D eigenvalue weighted by atomic mass is 9.90. The van der Waals surface area contributed by atoms with Gasteiger partial charge < -0.3 is 20.3 Å². The van der Waals surface area contributed by atoms with Crippen LogP contribution in [0, 0.1) is 0 Å². The fraction of sp³-hybridized carbons (Fsp3) is 0.591. The van der Waals surface area contributed by atoms with E-state index in [1.165, 1.54) is 28.7 Å². The van der Waals surface area contributed by atoms with Crippen molar-refractivity contribution in [2.75, 3.05) is 24.7 Å². The van der Waals surface area contributed by atoms with E-state index in [-0.39, 0.29) is 5.60 Å². The van der Waals surface area contributed by atoms with Gasteiger partial charge in [0.05, 0.1) is 29.5 Å². The zero-order valence-corrected chi connectivity index (χ0v) is 19.5. The van der Waals surface area contributed by atoms with Crippen LogP contribution in [0.1, 0.15) is 50.0 Å². The number of thiophene rings is 1.